The van der Waals surface area contributed by atoms with Crippen LogP contribution in [0.4, 0.5) is 4.39 Å². The third-order valence-electron chi connectivity index (χ3n) is 2.80. The first-order valence-corrected chi connectivity index (χ1v) is 6.49. The number of para-hydroxylation sites is 2. The van der Waals surface area contributed by atoms with Crippen molar-refractivity contribution in [2.45, 2.75) is 20.0 Å². The lowest BCUT2D eigenvalue weighted by atomic mass is 10.1. The molecule has 0 unspecified atom stereocenters. The SMILES string of the molecule is CCOc1ccccc1Oc1cccc(F)c1[C@H](C)O. The summed E-state index contributed by atoms with van der Waals surface area (Å²) in [6.07, 6.45) is -0.953. The molecular weight excluding hydrogens is 259 g/mol. The molecule has 1 atom stereocenters. The lowest BCUT2D eigenvalue weighted by Gasteiger charge is -2.16. The summed E-state index contributed by atoms with van der Waals surface area (Å²) in [6, 6.07) is 11.6. The van der Waals surface area contributed by atoms with Gasteiger partial charge in [-0.15, -0.1) is 0 Å². The average molecular weight is 276 g/mol. The summed E-state index contributed by atoms with van der Waals surface area (Å²) in [4.78, 5) is 0. The van der Waals surface area contributed by atoms with Crippen LogP contribution < -0.4 is 9.47 Å². The molecule has 2 aromatic rings. The van der Waals surface area contributed by atoms with Crippen molar-refractivity contribution in [3.8, 4) is 17.2 Å². The summed E-state index contributed by atoms with van der Waals surface area (Å²) >= 11 is 0. The molecule has 0 bridgehead atoms. The van der Waals surface area contributed by atoms with E-state index in [1.54, 1.807) is 30.3 Å². The molecule has 0 saturated heterocycles. The van der Waals surface area contributed by atoms with Crippen molar-refractivity contribution in [2.75, 3.05) is 6.61 Å². The van der Waals surface area contributed by atoms with Crippen molar-refractivity contribution < 1.29 is 19.0 Å². The van der Waals surface area contributed by atoms with Gasteiger partial charge in [0.25, 0.3) is 0 Å². The first-order valence-electron chi connectivity index (χ1n) is 6.49. The molecule has 2 rings (SSSR count). The Morgan fingerprint density at radius 1 is 1.05 bits per heavy atom. The van der Waals surface area contributed by atoms with Crippen molar-refractivity contribution in [2.24, 2.45) is 0 Å². The van der Waals surface area contributed by atoms with Crippen LogP contribution in [0.2, 0.25) is 0 Å². The molecule has 0 aromatic heterocycles. The largest absolute Gasteiger partial charge is 0.490 e. The number of aliphatic hydroxyl groups excluding tert-OH is 1. The normalized spacial score (nSPS) is 12.0. The molecule has 4 heteroatoms. The van der Waals surface area contributed by atoms with Crippen LogP contribution in [0.25, 0.3) is 0 Å². The van der Waals surface area contributed by atoms with Crippen LogP contribution >= 0.6 is 0 Å². The third kappa shape index (κ3) is 3.08. The van der Waals surface area contributed by atoms with Crippen LogP contribution in [-0.2, 0) is 0 Å². The van der Waals surface area contributed by atoms with Crippen molar-refractivity contribution in [1.29, 1.82) is 0 Å². The fraction of sp³-hybridized carbons (Fsp3) is 0.250. The van der Waals surface area contributed by atoms with E-state index in [2.05, 4.69) is 0 Å². The van der Waals surface area contributed by atoms with Crippen LogP contribution in [0.1, 0.15) is 25.5 Å². The molecule has 0 aliphatic heterocycles. The summed E-state index contributed by atoms with van der Waals surface area (Å²) < 4.78 is 24.9. The zero-order valence-corrected chi connectivity index (χ0v) is 11.5. The average Bonchev–Trinajstić information content (AvgIpc) is 2.41. The van der Waals surface area contributed by atoms with Gasteiger partial charge in [0.05, 0.1) is 18.3 Å². The van der Waals surface area contributed by atoms with E-state index in [4.69, 9.17) is 9.47 Å². The van der Waals surface area contributed by atoms with Gasteiger partial charge in [0, 0.05) is 0 Å². The van der Waals surface area contributed by atoms with Gasteiger partial charge < -0.3 is 14.6 Å². The molecule has 0 radical (unpaired) electrons. The number of ether oxygens (including phenoxy) is 2. The van der Waals surface area contributed by atoms with Gasteiger partial charge in [0.15, 0.2) is 11.5 Å². The molecule has 0 fully saturated rings. The van der Waals surface area contributed by atoms with Crippen LogP contribution in [0.3, 0.4) is 0 Å². The van der Waals surface area contributed by atoms with Gasteiger partial charge in [0.2, 0.25) is 0 Å². The van der Waals surface area contributed by atoms with E-state index in [-0.39, 0.29) is 11.3 Å². The Labute approximate surface area is 117 Å². The summed E-state index contributed by atoms with van der Waals surface area (Å²) in [6.45, 7) is 3.88. The molecule has 0 aliphatic carbocycles. The number of hydrogen-bond acceptors (Lipinski definition) is 3. The van der Waals surface area contributed by atoms with Gasteiger partial charge in [-0.05, 0) is 38.1 Å². The third-order valence-corrected chi connectivity index (χ3v) is 2.80. The minimum atomic E-state index is -0.953. The molecule has 0 amide bonds. The Kier molecular flexibility index (Phi) is 4.58. The standard InChI is InChI=1S/C16H17FO3/c1-3-19-13-8-4-5-9-14(13)20-15-10-6-7-12(17)16(15)11(2)18/h4-11,18H,3H2,1-2H3/t11-/m0/s1. The second kappa shape index (κ2) is 6.39. The summed E-state index contributed by atoms with van der Waals surface area (Å²) in [7, 11) is 0. The number of aliphatic hydroxyl groups is 1. The van der Waals surface area contributed by atoms with E-state index in [1.807, 2.05) is 13.0 Å². The maximum atomic E-state index is 13.8. The van der Waals surface area contributed by atoms with Crippen LogP contribution in [0.15, 0.2) is 42.5 Å². The molecule has 1 N–H and O–H groups in total. The van der Waals surface area contributed by atoms with Crippen LogP contribution in [-0.4, -0.2) is 11.7 Å². The van der Waals surface area contributed by atoms with Gasteiger partial charge in [0.1, 0.15) is 11.6 Å². The second-order valence-corrected chi connectivity index (χ2v) is 4.31. The van der Waals surface area contributed by atoms with Gasteiger partial charge in [-0.25, -0.2) is 4.39 Å². The van der Waals surface area contributed by atoms with Crippen molar-refractivity contribution in [3.63, 3.8) is 0 Å². The Balaban J connectivity index is 2.38. The fourth-order valence-electron chi connectivity index (χ4n) is 1.94. The topological polar surface area (TPSA) is 38.7 Å². The predicted octanol–water partition coefficient (Wildman–Crippen LogP) is 4.07. The highest BCUT2D eigenvalue weighted by Gasteiger charge is 2.16. The summed E-state index contributed by atoms with van der Waals surface area (Å²) in [5, 5.41) is 9.68. The number of halogens is 1. The van der Waals surface area contributed by atoms with E-state index in [1.165, 1.54) is 13.0 Å². The summed E-state index contributed by atoms with van der Waals surface area (Å²) in [5.74, 6) is 0.858. The molecule has 106 valence electrons. The molecule has 3 nitrogen and oxygen atoms in total. The van der Waals surface area contributed by atoms with Crippen molar-refractivity contribution in [3.05, 3.63) is 53.8 Å². The first kappa shape index (κ1) is 14.3. The zero-order valence-electron chi connectivity index (χ0n) is 11.5. The van der Waals surface area contributed by atoms with E-state index < -0.39 is 11.9 Å². The number of hydrogen-bond donors (Lipinski definition) is 1. The van der Waals surface area contributed by atoms with Crippen LogP contribution in [0, 0.1) is 5.82 Å². The quantitative estimate of drug-likeness (QED) is 0.894. The molecule has 2 aromatic carbocycles. The highest BCUT2D eigenvalue weighted by atomic mass is 19.1. The maximum absolute atomic E-state index is 13.8. The van der Waals surface area contributed by atoms with Gasteiger partial charge in [-0.1, -0.05) is 18.2 Å². The predicted molar refractivity (Wildman–Crippen MR) is 74.7 cm³/mol. The Hall–Kier alpha value is -2.07. The molecule has 0 aliphatic rings. The maximum Gasteiger partial charge on any atom is 0.169 e. The fourth-order valence-corrected chi connectivity index (χ4v) is 1.94. The highest BCUT2D eigenvalue weighted by Crippen LogP contribution is 2.35. The molecular formula is C16H17FO3. The Morgan fingerprint density at radius 2 is 1.70 bits per heavy atom. The number of rotatable bonds is 5. The van der Waals surface area contributed by atoms with Gasteiger partial charge >= 0.3 is 0 Å². The first-order chi connectivity index (χ1) is 9.63. The zero-order chi connectivity index (χ0) is 14.5. The molecule has 0 spiro atoms. The molecule has 20 heavy (non-hydrogen) atoms. The van der Waals surface area contributed by atoms with Crippen LogP contribution in [0.5, 0.6) is 17.2 Å². The lowest BCUT2D eigenvalue weighted by molar-refractivity contribution is 0.190. The van der Waals surface area contributed by atoms with Gasteiger partial charge in [-0.2, -0.15) is 0 Å². The number of benzene rings is 2. The van der Waals surface area contributed by atoms with E-state index in [9.17, 15) is 9.50 Å². The smallest absolute Gasteiger partial charge is 0.169 e. The summed E-state index contributed by atoms with van der Waals surface area (Å²) in [5.41, 5.74) is 0.138. The lowest BCUT2D eigenvalue weighted by Crippen LogP contribution is -2.01. The monoisotopic (exact) mass is 276 g/mol. The minimum absolute atomic E-state index is 0.138. The van der Waals surface area contributed by atoms with Crippen molar-refractivity contribution in [1.82, 2.24) is 0 Å². The van der Waals surface area contributed by atoms with Gasteiger partial charge in [-0.3, -0.25) is 0 Å². The van der Waals surface area contributed by atoms with Crippen molar-refractivity contribution >= 4 is 0 Å². The minimum Gasteiger partial charge on any atom is -0.490 e. The highest BCUT2D eigenvalue weighted by molar-refractivity contribution is 5.45. The Bertz CT molecular complexity index is 582. The molecule has 0 heterocycles. The van der Waals surface area contributed by atoms with E-state index in [0.717, 1.165) is 0 Å². The van der Waals surface area contributed by atoms with E-state index in [0.29, 0.717) is 18.1 Å². The Morgan fingerprint density at radius 3 is 2.35 bits per heavy atom. The molecule has 0 saturated carbocycles. The second-order valence-electron chi connectivity index (χ2n) is 4.31. The van der Waals surface area contributed by atoms with E-state index >= 15 is 0 Å².